The Kier molecular flexibility index (Phi) is 3.79. The fourth-order valence-corrected chi connectivity index (χ4v) is 4.58. The van der Waals surface area contributed by atoms with Gasteiger partial charge in [-0.05, 0) is 38.7 Å². The number of likely N-dealkylation sites (tertiary alicyclic amines) is 2. The highest BCUT2D eigenvalue weighted by Gasteiger charge is 2.55. The topological polar surface area (TPSA) is 50.6 Å². The maximum Gasteiger partial charge on any atom is 0.409 e. The molecule has 1 spiro atoms. The Morgan fingerprint density at radius 1 is 1.26 bits per heavy atom. The smallest absolute Gasteiger partial charge is 0.409 e. The third-order valence-corrected chi connectivity index (χ3v) is 5.83. The van der Waals surface area contributed by atoms with Gasteiger partial charge in [0, 0.05) is 50.0 Å². The predicted molar refractivity (Wildman–Crippen MR) is 86.1 cm³/mol. The highest BCUT2D eigenvalue weighted by Crippen LogP contribution is 2.50. The molecule has 3 fully saturated rings. The normalized spacial score (nSPS) is 25.2. The number of carbonyl (C=O) groups is 1. The SMILES string of the molecule is CCOC(=O)N1CC2(CC(N3CCC(n4cccn4)CC3)C2)C1. The Balaban J connectivity index is 1.21. The quantitative estimate of drug-likeness (QED) is 0.857. The van der Waals surface area contributed by atoms with Gasteiger partial charge >= 0.3 is 6.09 Å². The molecular formula is C17H26N4O2. The molecule has 23 heavy (non-hydrogen) atoms. The first kappa shape index (κ1) is 15.0. The molecule has 126 valence electrons. The number of nitrogens with zero attached hydrogens (tertiary/aromatic N) is 4. The van der Waals surface area contributed by atoms with Crippen LogP contribution in [0.3, 0.4) is 0 Å². The summed E-state index contributed by atoms with van der Waals surface area (Å²) in [5, 5.41) is 4.38. The fraction of sp³-hybridized carbons (Fsp3) is 0.765. The first-order valence-corrected chi connectivity index (χ1v) is 8.84. The summed E-state index contributed by atoms with van der Waals surface area (Å²) in [5.74, 6) is 0. The van der Waals surface area contributed by atoms with Crippen LogP contribution in [-0.2, 0) is 4.74 Å². The van der Waals surface area contributed by atoms with E-state index in [0.717, 1.165) is 19.1 Å². The summed E-state index contributed by atoms with van der Waals surface area (Å²) in [7, 11) is 0. The Bertz CT molecular complexity index is 537. The van der Waals surface area contributed by atoms with Crippen molar-refractivity contribution in [2.24, 2.45) is 5.41 Å². The number of ether oxygens (including phenoxy) is 1. The number of amides is 1. The minimum atomic E-state index is -0.137. The van der Waals surface area contributed by atoms with Gasteiger partial charge < -0.3 is 14.5 Å². The Morgan fingerprint density at radius 3 is 2.61 bits per heavy atom. The monoisotopic (exact) mass is 318 g/mol. The molecule has 0 unspecified atom stereocenters. The molecule has 6 heteroatoms. The molecule has 0 radical (unpaired) electrons. The van der Waals surface area contributed by atoms with Crippen molar-refractivity contribution < 1.29 is 9.53 Å². The van der Waals surface area contributed by atoms with Crippen molar-refractivity contribution in [1.82, 2.24) is 19.6 Å². The highest BCUT2D eigenvalue weighted by molar-refractivity contribution is 5.69. The molecule has 1 saturated carbocycles. The molecule has 2 aliphatic heterocycles. The van der Waals surface area contributed by atoms with E-state index in [9.17, 15) is 4.79 Å². The largest absolute Gasteiger partial charge is 0.450 e. The molecule has 3 aliphatic rings. The molecule has 2 saturated heterocycles. The predicted octanol–water partition coefficient (Wildman–Crippen LogP) is 2.14. The van der Waals surface area contributed by atoms with Gasteiger partial charge in [0.05, 0.1) is 12.6 Å². The van der Waals surface area contributed by atoms with E-state index in [-0.39, 0.29) is 6.09 Å². The van der Waals surface area contributed by atoms with Gasteiger partial charge in [0.2, 0.25) is 0 Å². The lowest BCUT2D eigenvalue weighted by Gasteiger charge is -2.61. The van der Waals surface area contributed by atoms with Crippen molar-refractivity contribution in [2.75, 3.05) is 32.8 Å². The van der Waals surface area contributed by atoms with Crippen molar-refractivity contribution >= 4 is 6.09 Å². The van der Waals surface area contributed by atoms with E-state index in [1.54, 1.807) is 0 Å². The van der Waals surface area contributed by atoms with E-state index < -0.39 is 0 Å². The molecular weight excluding hydrogens is 292 g/mol. The van der Waals surface area contributed by atoms with Crippen LogP contribution in [0.4, 0.5) is 4.79 Å². The number of aromatic nitrogens is 2. The lowest BCUT2D eigenvalue weighted by molar-refractivity contribution is -0.104. The number of rotatable bonds is 3. The number of hydrogen-bond acceptors (Lipinski definition) is 4. The molecule has 0 bridgehead atoms. The zero-order valence-corrected chi connectivity index (χ0v) is 13.9. The average Bonchev–Trinajstić information content (AvgIpc) is 2.99. The second kappa shape index (κ2) is 5.82. The van der Waals surface area contributed by atoms with E-state index in [2.05, 4.69) is 20.9 Å². The summed E-state index contributed by atoms with van der Waals surface area (Å²) >= 11 is 0. The van der Waals surface area contributed by atoms with Gasteiger partial charge in [-0.1, -0.05) is 0 Å². The van der Waals surface area contributed by atoms with Crippen LogP contribution < -0.4 is 0 Å². The number of piperidine rings is 1. The minimum Gasteiger partial charge on any atom is -0.450 e. The van der Waals surface area contributed by atoms with Crippen LogP contribution in [0.5, 0.6) is 0 Å². The Morgan fingerprint density at radius 2 is 2.00 bits per heavy atom. The zero-order chi connectivity index (χ0) is 15.9. The fourth-order valence-electron chi connectivity index (χ4n) is 4.58. The Labute approximate surface area is 137 Å². The van der Waals surface area contributed by atoms with Gasteiger partial charge in [-0.15, -0.1) is 0 Å². The molecule has 1 aromatic rings. The molecule has 3 heterocycles. The van der Waals surface area contributed by atoms with Crippen molar-refractivity contribution in [1.29, 1.82) is 0 Å². The summed E-state index contributed by atoms with van der Waals surface area (Å²) in [4.78, 5) is 16.2. The molecule has 4 rings (SSSR count). The summed E-state index contributed by atoms with van der Waals surface area (Å²) in [6.07, 6.45) is 8.69. The molecule has 0 N–H and O–H groups in total. The average molecular weight is 318 g/mol. The molecule has 1 amide bonds. The van der Waals surface area contributed by atoms with Gasteiger partial charge in [-0.3, -0.25) is 4.68 Å². The van der Waals surface area contributed by atoms with Crippen LogP contribution in [0.25, 0.3) is 0 Å². The van der Waals surface area contributed by atoms with Gasteiger partial charge in [0.1, 0.15) is 0 Å². The third kappa shape index (κ3) is 2.73. The van der Waals surface area contributed by atoms with Crippen LogP contribution in [0, 0.1) is 5.41 Å². The second-order valence-corrected chi connectivity index (χ2v) is 7.37. The van der Waals surface area contributed by atoms with E-state index in [1.165, 1.54) is 38.8 Å². The number of carbonyl (C=O) groups excluding carboxylic acids is 1. The highest BCUT2D eigenvalue weighted by atomic mass is 16.6. The molecule has 1 aromatic heterocycles. The maximum atomic E-state index is 11.7. The number of hydrogen-bond donors (Lipinski definition) is 0. The lowest BCUT2D eigenvalue weighted by Crippen LogP contribution is -2.68. The Hall–Kier alpha value is -1.56. The van der Waals surface area contributed by atoms with Crippen molar-refractivity contribution in [3.63, 3.8) is 0 Å². The molecule has 6 nitrogen and oxygen atoms in total. The van der Waals surface area contributed by atoms with Crippen molar-refractivity contribution in [3.05, 3.63) is 18.5 Å². The molecule has 1 aliphatic carbocycles. The molecule has 0 aromatic carbocycles. The second-order valence-electron chi connectivity index (χ2n) is 7.37. The zero-order valence-electron chi connectivity index (χ0n) is 13.9. The van der Waals surface area contributed by atoms with Crippen LogP contribution >= 0.6 is 0 Å². The van der Waals surface area contributed by atoms with E-state index in [1.807, 2.05) is 24.1 Å². The van der Waals surface area contributed by atoms with E-state index in [0.29, 0.717) is 18.1 Å². The molecule has 0 atom stereocenters. The third-order valence-electron chi connectivity index (χ3n) is 5.83. The summed E-state index contributed by atoms with van der Waals surface area (Å²) in [5.41, 5.74) is 0.399. The maximum absolute atomic E-state index is 11.7. The summed E-state index contributed by atoms with van der Waals surface area (Å²) < 4.78 is 7.18. The van der Waals surface area contributed by atoms with Gasteiger partial charge in [0.15, 0.2) is 0 Å². The van der Waals surface area contributed by atoms with E-state index in [4.69, 9.17) is 4.74 Å². The van der Waals surface area contributed by atoms with E-state index >= 15 is 0 Å². The first-order chi connectivity index (χ1) is 11.2. The summed E-state index contributed by atoms with van der Waals surface area (Å²) in [6, 6.07) is 3.30. The van der Waals surface area contributed by atoms with Gasteiger partial charge in [-0.25, -0.2) is 4.79 Å². The van der Waals surface area contributed by atoms with Crippen molar-refractivity contribution in [2.45, 2.75) is 44.7 Å². The van der Waals surface area contributed by atoms with Crippen LogP contribution in [0.1, 0.15) is 38.6 Å². The van der Waals surface area contributed by atoms with Crippen LogP contribution in [0.2, 0.25) is 0 Å². The van der Waals surface area contributed by atoms with Gasteiger partial charge in [0.25, 0.3) is 0 Å². The standard InChI is InChI=1S/C17H26N4O2/c1-2-23-16(22)20-12-17(13-20)10-15(11-17)19-8-4-14(5-9-19)21-7-3-6-18-21/h3,6-7,14-15H,2,4-5,8-13H2,1H3. The minimum absolute atomic E-state index is 0.137. The lowest BCUT2D eigenvalue weighted by atomic mass is 9.60. The summed E-state index contributed by atoms with van der Waals surface area (Å²) in [6.45, 7) is 6.47. The van der Waals surface area contributed by atoms with Crippen LogP contribution in [0.15, 0.2) is 18.5 Å². The van der Waals surface area contributed by atoms with Crippen LogP contribution in [-0.4, -0.2) is 64.5 Å². The van der Waals surface area contributed by atoms with Crippen molar-refractivity contribution in [3.8, 4) is 0 Å². The first-order valence-electron chi connectivity index (χ1n) is 8.84. The van der Waals surface area contributed by atoms with Gasteiger partial charge in [-0.2, -0.15) is 5.10 Å².